The Morgan fingerprint density at radius 2 is 1.88 bits per heavy atom. The molecule has 2 N–H and O–H groups in total. The maximum absolute atomic E-state index is 12.8. The maximum Gasteiger partial charge on any atom is 0.225 e. The molecule has 0 aromatic heterocycles. The van der Waals surface area contributed by atoms with Crippen LogP contribution in [0.1, 0.15) is 56.6 Å². The molecule has 6 nitrogen and oxygen atoms in total. The van der Waals surface area contributed by atoms with Gasteiger partial charge in [-0.2, -0.15) is 0 Å². The van der Waals surface area contributed by atoms with Gasteiger partial charge >= 0.3 is 0 Å². The fourth-order valence-corrected chi connectivity index (χ4v) is 5.34. The quantitative estimate of drug-likeness (QED) is 0.334. The van der Waals surface area contributed by atoms with Crippen molar-refractivity contribution in [3.05, 3.63) is 35.4 Å². The molecule has 1 aromatic carbocycles. The van der Waals surface area contributed by atoms with Crippen LogP contribution in [0.15, 0.2) is 29.3 Å². The molecule has 0 bridgehead atoms. The lowest BCUT2D eigenvalue weighted by Crippen LogP contribution is -2.50. The second kappa shape index (κ2) is 12.2. The average molecular weight is 554 g/mol. The van der Waals surface area contributed by atoms with Gasteiger partial charge in [-0.25, -0.2) is 0 Å². The number of nitrogens with one attached hydrogen (secondary N) is 2. The summed E-state index contributed by atoms with van der Waals surface area (Å²) < 4.78 is 0. The first-order chi connectivity index (χ1) is 15.1. The van der Waals surface area contributed by atoms with E-state index in [2.05, 4.69) is 56.6 Å². The second-order valence-electron chi connectivity index (χ2n) is 9.54. The largest absolute Gasteiger partial charge is 0.355 e. The molecule has 1 amide bonds. The van der Waals surface area contributed by atoms with Crippen LogP contribution < -0.4 is 10.6 Å². The first-order valence-electron chi connectivity index (χ1n) is 12.2. The number of amides is 1. The third-order valence-corrected chi connectivity index (χ3v) is 7.37. The number of nitrogens with zero attached hydrogens (tertiary/aromatic N) is 3. The zero-order valence-electron chi connectivity index (χ0n) is 19.7. The highest BCUT2D eigenvalue weighted by molar-refractivity contribution is 14.0. The van der Waals surface area contributed by atoms with E-state index in [1.807, 2.05) is 7.05 Å². The van der Waals surface area contributed by atoms with Gasteiger partial charge in [-0.15, -0.1) is 24.0 Å². The SMILES string of the molecule is CN=C(NCC(C)N1CCc2ccccc2C1)NC1CCN(C(=O)C2CCCCC2)C1.I. The van der Waals surface area contributed by atoms with Crippen molar-refractivity contribution in [1.82, 2.24) is 20.4 Å². The van der Waals surface area contributed by atoms with E-state index in [1.54, 1.807) is 0 Å². The highest BCUT2D eigenvalue weighted by atomic mass is 127. The number of guanidine groups is 1. The van der Waals surface area contributed by atoms with E-state index in [-0.39, 0.29) is 35.9 Å². The zero-order valence-corrected chi connectivity index (χ0v) is 22.0. The van der Waals surface area contributed by atoms with E-state index in [0.29, 0.717) is 11.9 Å². The summed E-state index contributed by atoms with van der Waals surface area (Å²) in [7, 11) is 1.83. The molecule has 1 aromatic rings. The third-order valence-electron chi connectivity index (χ3n) is 7.37. The lowest BCUT2D eigenvalue weighted by Gasteiger charge is -2.34. The van der Waals surface area contributed by atoms with Crippen molar-refractivity contribution in [2.24, 2.45) is 10.9 Å². The molecule has 7 heteroatoms. The number of fused-ring (bicyclic) bond motifs is 1. The summed E-state index contributed by atoms with van der Waals surface area (Å²) >= 11 is 0. The number of aliphatic imine (C=N–C) groups is 1. The number of benzene rings is 1. The minimum absolute atomic E-state index is 0. The summed E-state index contributed by atoms with van der Waals surface area (Å²) in [6.07, 6.45) is 7.99. The Hall–Kier alpha value is -1.35. The van der Waals surface area contributed by atoms with Crippen molar-refractivity contribution < 1.29 is 4.79 Å². The summed E-state index contributed by atoms with van der Waals surface area (Å²) in [5.74, 6) is 1.49. The van der Waals surface area contributed by atoms with E-state index >= 15 is 0 Å². The second-order valence-corrected chi connectivity index (χ2v) is 9.54. The van der Waals surface area contributed by atoms with Crippen LogP contribution in [-0.4, -0.2) is 67.0 Å². The molecule has 1 saturated carbocycles. The molecule has 178 valence electrons. The Kier molecular flexibility index (Phi) is 9.64. The molecule has 0 radical (unpaired) electrons. The third kappa shape index (κ3) is 6.37. The Morgan fingerprint density at radius 3 is 2.62 bits per heavy atom. The van der Waals surface area contributed by atoms with E-state index in [4.69, 9.17) is 0 Å². The molecular weight excluding hydrogens is 513 g/mol. The van der Waals surface area contributed by atoms with Gasteiger partial charge in [0.1, 0.15) is 0 Å². The van der Waals surface area contributed by atoms with Gasteiger partial charge in [-0.1, -0.05) is 43.5 Å². The van der Waals surface area contributed by atoms with Gasteiger partial charge in [-0.3, -0.25) is 14.7 Å². The Bertz CT molecular complexity index is 779. The number of likely N-dealkylation sites (tertiary alicyclic amines) is 1. The van der Waals surface area contributed by atoms with Gasteiger partial charge in [-0.05, 0) is 43.7 Å². The van der Waals surface area contributed by atoms with Gasteiger partial charge in [0.25, 0.3) is 0 Å². The molecule has 1 saturated heterocycles. The van der Waals surface area contributed by atoms with Crippen LogP contribution in [0.2, 0.25) is 0 Å². The monoisotopic (exact) mass is 553 g/mol. The summed E-state index contributed by atoms with van der Waals surface area (Å²) in [5.41, 5.74) is 2.95. The molecule has 1 aliphatic carbocycles. The molecule has 3 aliphatic rings. The molecule has 0 spiro atoms. The van der Waals surface area contributed by atoms with Crippen molar-refractivity contribution in [2.75, 3.05) is 33.2 Å². The van der Waals surface area contributed by atoms with Crippen LogP contribution in [0, 0.1) is 5.92 Å². The van der Waals surface area contributed by atoms with Gasteiger partial charge in [0.2, 0.25) is 5.91 Å². The number of halogens is 1. The Balaban J connectivity index is 0.00000289. The first kappa shape index (κ1) is 25.3. The molecular formula is C25H40IN5O. The normalized spacial score (nSPS) is 23.2. The predicted molar refractivity (Wildman–Crippen MR) is 141 cm³/mol. The van der Waals surface area contributed by atoms with Crippen molar-refractivity contribution in [3.8, 4) is 0 Å². The summed E-state index contributed by atoms with van der Waals surface area (Å²) in [6, 6.07) is 9.51. The standard InChI is InChI=1S/C25H39N5O.HI/c1-19(29-14-12-20-8-6-7-11-22(20)17-29)16-27-25(26-2)28-23-13-15-30(18-23)24(31)21-9-4-3-5-10-21;/h6-8,11,19,21,23H,3-5,9-10,12-18H2,1-2H3,(H2,26,27,28);1H. The first-order valence-corrected chi connectivity index (χ1v) is 12.2. The van der Waals surface area contributed by atoms with E-state index in [1.165, 1.54) is 30.4 Å². The molecule has 4 rings (SSSR count). The van der Waals surface area contributed by atoms with Crippen LogP contribution in [0.25, 0.3) is 0 Å². The summed E-state index contributed by atoms with van der Waals surface area (Å²) in [5, 5.41) is 7.07. The summed E-state index contributed by atoms with van der Waals surface area (Å²) in [4.78, 5) is 21.9. The molecule has 2 atom stereocenters. The number of carbonyl (C=O) groups excluding carboxylic acids is 1. The van der Waals surface area contributed by atoms with Gasteiger partial charge < -0.3 is 15.5 Å². The van der Waals surface area contributed by atoms with Crippen molar-refractivity contribution in [2.45, 2.75) is 70.5 Å². The minimum atomic E-state index is 0. The Labute approximate surface area is 210 Å². The predicted octanol–water partition coefficient (Wildman–Crippen LogP) is 3.40. The number of carbonyl (C=O) groups is 1. The highest BCUT2D eigenvalue weighted by Gasteiger charge is 2.32. The zero-order chi connectivity index (χ0) is 21.6. The van der Waals surface area contributed by atoms with Gasteiger partial charge in [0.05, 0.1) is 0 Å². The smallest absolute Gasteiger partial charge is 0.225 e. The lowest BCUT2D eigenvalue weighted by molar-refractivity contribution is -0.135. The topological polar surface area (TPSA) is 60.0 Å². The molecule has 2 fully saturated rings. The minimum Gasteiger partial charge on any atom is -0.355 e. The van der Waals surface area contributed by atoms with E-state index in [9.17, 15) is 4.79 Å². The van der Waals surface area contributed by atoms with Crippen molar-refractivity contribution in [1.29, 1.82) is 0 Å². The number of hydrogen-bond acceptors (Lipinski definition) is 3. The van der Waals surface area contributed by atoms with Crippen LogP contribution in [-0.2, 0) is 17.8 Å². The lowest BCUT2D eigenvalue weighted by atomic mass is 9.88. The van der Waals surface area contributed by atoms with Crippen LogP contribution in [0.3, 0.4) is 0 Å². The van der Waals surface area contributed by atoms with Gasteiger partial charge in [0.15, 0.2) is 5.96 Å². The van der Waals surface area contributed by atoms with Crippen LogP contribution >= 0.6 is 24.0 Å². The molecule has 2 unspecified atom stereocenters. The number of rotatable bonds is 5. The van der Waals surface area contributed by atoms with Crippen molar-refractivity contribution >= 4 is 35.8 Å². The molecule has 32 heavy (non-hydrogen) atoms. The highest BCUT2D eigenvalue weighted by Crippen LogP contribution is 2.27. The van der Waals surface area contributed by atoms with Crippen LogP contribution in [0.5, 0.6) is 0 Å². The summed E-state index contributed by atoms with van der Waals surface area (Å²) in [6.45, 7) is 6.94. The van der Waals surface area contributed by atoms with Crippen LogP contribution in [0.4, 0.5) is 0 Å². The fourth-order valence-electron chi connectivity index (χ4n) is 5.34. The molecule has 2 heterocycles. The number of hydrogen-bond donors (Lipinski definition) is 2. The van der Waals surface area contributed by atoms with E-state index < -0.39 is 0 Å². The van der Waals surface area contributed by atoms with Gasteiger partial charge in [0, 0.05) is 57.8 Å². The molecule has 2 aliphatic heterocycles. The average Bonchev–Trinajstić information content (AvgIpc) is 3.29. The Morgan fingerprint density at radius 1 is 1.12 bits per heavy atom. The van der Waals surface area contributed by atoms with E-state index in [0.717, 1.165) is 64.4 Å². The fraction of sp³-hybridized carbons (Fsp3) is 0.680. The van der Waals surface area contributed by atoms with Crippen molar-refractivity contribution in [3.63, 3.8) is 0 Å². The maximum atomic E-state index is 12.8.